The van der Waals surface area contributed by atoms with Crippen molar-refractivity contribution in [2.45, 2.75) is 0 Å². The molecule has 0 amide bonds. The molecule has 46 heavy (non-hydrogen) atoms. The van der Waals surface area contributed by atoms with E-state index in [1.54, 1.807) is 0 Å². The van der Waals surface area contributed by atoms with Crippen LogP contribution in [0.4, 0.5) is 0 Å². The normalized spacial score (nSPS) is 11.5. The standard InChI is InChI=1S/C44H28N2/c1-3-14-29(15-4-1)41-35-22-9-7-20-33(35)39(37-24-12-26-45-43(37)41)31-18-11-19-32(28-31)40-34-21-8-10-23-36(34)42(30-16-5-2-6-17-30)44-38(40)25-13-27-46-44/h1-28H. The van der Waals surface area contributed by atoms with Crippen LogP contribution in [-0.4, -0.2) is 9.97 Å². The number of fused-ring (bicyclic) bond motifs is 4. The Labute approximate surface area is 267 Å². The van der Waals surface area contributed by atoms with E-state index in [1.807, 2.05) is 24.5 Å². The van der Waals surface area contributed by atoms with Crippen LogP contribution in [0, 0.1) is 0 Å². The maximum atomic E-state index is 4.99. The summed E-state index contributed by atoms with van der Waals surface area (Å²) in [4.78, 5) is 9.97. The molecule has 2 aromatic heterocycles. The molecule has 9 aromatic rings. The highest BCUT2D eigenvalue weighted by Gasteiger charge is 2.20. The molecule has 0 radical (unpaired) electrons. The van der Waals surface area contributed by atoms with E-state index in [-0.39, 0.29) is 0 Å². The molecule has 214 valence electrons. The zero-order valence-electron chi connectivity index (χ0n) is 25.1. The van der Waals surface area contributed by atoms with Crippen molar-refractivity contribution in [1.29, 1.82) is 0 Å². The Balaban J connectivity index is 1.35. The first kappa shape index (κ1) is 26.3. The van der Waals surface area contributed by atoms with Crippen molar-refractivity contribution in [3.05, 3.63) is 170 Å². The SMILES string of the molecule is c1ccc(-c2c3ccccc3c(-c3cccc(-c4c5ccccc5c(-c5ccccc5)c5ncccc45)c3)c3cccnc23)cc1. The van der Waals surface area contributed by atoms with E-state index in [2.05, 4.69) is 146 Å². The predicted molar refractivity (Wildman–Crippen MR) is 194 cm³/mol. The number of pyridine rings is 2. The van der Waals surface area contributed by atoms with Gasteiger partial charge in [-0.05, 0) is 73.1 Å². The summed E-state index contributed by atoms with van der Waals surface area (Å²) in [6.07, 6.45) is 3.81. The van der Waals surface area contributed by atoms with E-state index in [0.717, 1.165) is 21.8 Å². The smallest absolute Gasteiger partial charge is 0.0792 e. The molecule has 0 bridgehead atoms. The van der Waals surface area contributed by atoms with Crippen LogP contribution >= 0.6 is 0 Å². The average Bonchev–Trinajstić information content (AvgIpc) is 3.13. The number of aromatic nitrogens is 2. The third-order valence-corrected chi connectivity index (χ3v) is 9.12. The molecule has 0 N–H and O–H groups in total. The van der Waals surface area contributed by atoms with Crippen molar-refractivity contribution in [2.75, 3.05) is 0 Å². The zero-order chi connectivity index (χ0) is 30.5. The number of nitrogens with zero attached hydrogens (tertiary/aromatic N) is 2. The topological polar surface area (TPSA) is 25.8 Å². The first-order valence-electron chi connectivity index (χ1n) is 15.7. The summed E-state index contributed by atoms with van der Waals surface area (Å²) in [5.41, 5.74) is 11.5. The van der Waals surface area contributed by atoms with Crippen LogP contribution in [0.25, 0.3) is 87.9 Å². The monoisotopic (exact) mass is 584 g/mol. The summed E-state index contributed by atoms with van der Waals surface area (Å²) in [6, 6.07) is 56.3. The Morgan fingerprint density at radius 2 is 0.609 bits per heavy atom. The van der Waals surface area contributed by atoms with Gasteiger partial charge in [0.2, 0.25) is 0 Å². The molecule has 2 nitrogen and oxygen atoms in total. The largest absolute Gasteiger partial charge is 0.256 e. The Bertz CT molecular complexity index is 2280. The lowest BCUT2D eigenvalue weighted by Crippen LogP contribution is -1.94. The molecule has 0 aliphatic carbocycles. The minimum atomic E-state index is 1.01. The van der Waals surface area contributed by atoms with Crippen LogP contribution in [-0.2, 0) is 0 Å². The van der Waals surface area contributed by atoms with Gasteiger partial charge in [-0.25, -0.2) is 0 Å². The molecule has 0 saturated carbocycles. The van der Waals surface area contributed by atoms with Crippen molar-refractivity contribution in [1.82, 2.24) is 9.97 Å². The van der Waals surface area contributed by atoms with Crippen molar-refractivity contribution < 1.29 is 0 Å². The van der Waals surface area contributed by atoms with Gasteiger partial charge in [0.1, 0.15) is 0 Å². The second kappa shape index (κ2) is 10.8. The van der Waals surface area contributed by atoms with Crippen molar-refractivity contribution in [3.8, 4) is 44.5 Å². The Kier molecular flexibility index (Phi) is 6.17. The lowest BCUT2D eigenvalue weighted by Gasteiger charge is -2.19. The van der Waals surface area contributed by atoms with Gasteiger partial charge >= 0.3 is 0 Å². The molecule has 0 aliphatic heterocycles. The lowest BCUT2D eigenvalue weighted by molar-refractivity contribution is 1.42. The minimum Gasteiger partial charge on any atom is -0.256 e. The third-order valence-electron chi connectivity index (χ3n) is 9.12. The zero-order valence-corrected chi connectivity index (χ0v) is 25.1. The Morgan fingerprint density at radius 3 is 1.04 bits per heavy atom. The van der Waals surface area contributed by atoms with Crippen LogP contribution in [0.2, 0.25) is 0 Å². The molecular formula is C44H28N2. The second-order valence-electron chi connectivity index (χ2n) is 11.7. The first-order chi connectivity index (χ1) is 22.9. The van der Waals surface area contributed by atoms with Crippen LogP contribution in [0.5, 0.6) is 0 Å². The summed E-state index contributed by atoms with van der Waals surface area (Å²) < 4.78 is 0. The Hall–Kier alpha value is -6.12. The van der Waals surface area contributed by atoms with Gasteiger partial charge in [-0.1, -0.05) is 140 Å². The van der Waals surface area contributed by atoms with E-state index in [1.165, 1.54) is 66.1 Å². The fraction of sp³-hybridized carbons (Fsp3) is 0. The summed E-state index contributed by atoms with van der Waals surface area (Å²) in [6.45, 7) is 0. The lowest BCUT2D eigenvalue weighted by atomic mass is 9.85. The molecule has 0 fully saturated rings. The summed E-state index contributed by atoms with van der Waals surface area (Å²) in [7, 11) is 0. The molecule has 2 heteroatoms. The van der Waals surface area contributed by atoms with E-state index < -0.39 is 0 Å². The number of benzene rings is 7. The maximum absolute atomic E-state index is 4.99. The van der Waals surface area contributed by atoms with Crippen LogP contribution < -0.4 is 0 Å². The van der Waals surface area contributed by atoms with Gasteiger partial charge < -0.3 is 0 Å². The van der Waals surface area contributed by atoms with Gasteiger partial charge in [0.15, 0.2) is 0 Å². The second-order valence-corrected chi connectivity index (χ2v) is 11.7. The van der Waals surface area contributed by atoms with Crippen LogP contribution in [0.3, 0.4) is 0 Å². The van der Waals surface area contributed by atoms with E-state index >= 15 is 0 Å². The highest BCUT2D eigenvalue weighted by Crippen LogP contribution is 2.46. The molecular weight excluding hydrogens is 556 g/mol. The molecule has 0 aliphatic rings. The van der Waals surface area contributed by atoms with Gasteiger partial charge in [-0.2, -0.15) is 0 Å². The molecule has 0 atom stereocenters. The van der Waals surface area contributed by atoms with Gasteiger partial charge in [-0.3, -0.25) is 9.97 Å². The summed E-state index contributed by atoms with van der Waals surface area (Å²) in [5, 5.41) is 7.13. The van der Waals surface area contributed by atoms with Crippen LogP contribution in [0.1, 0.15) is 0 Å². The highest BCUT2D eigenvalue weighted by molar-refractivity contribution is 6.22. The van der Waals surface area contributed by atoms with Crippen LogP contribution in [0.15, 0.2) is 170 Å². The summed E-state index contributed by atoms with van der Waals surface area (Å²) >= 11 is 0. The van der Waals surface area contributed by atoms with Crippen molar-refractivity contribution >= 4 is 43.4 Å². The molecule has 0 spiro atoms. The quantitative estimate of drug-likeness (QED) is 0.192. The van der Waals surface area contributed by atoms with E-state index in [4.69, 9.17) is 9.97 Å². The minimum absolute atomic E-state index is 1.01. The molecule has 7 aromatic carbocycles. The highest BCUT2D eigenvalue weighted by atomic mass is 14.7. The van der Waals surface area contributed by atoms with E-state index in [9.17, 15) is 0 Å². The number of hydrogen-bond acceptors (Lipinski definition) is 2. The Morgan fingerprint density at radius 1 is 0.261 bits per heavy atom. The van der Waals surface area contributed by atoms with Crippen molar-refractivity contribution in [3.63, 3.8) is 0 Å². The fourth-order valence-corrected chi connectivity index (χ4v) is 7.24. The van der Waals surface area contributed by atoms with Crippen molar-refractivity contribution in [2.24, 2.45) is 0 Å². The summed E-state index contributed by atoms with van der Waals surface area (Å²) in [5.74, 6) is 0. The van der Waals surface area contributed by atoms with Gasteiger partial charge in [0.05, 0.1) is 11.0 Å². The third kappa shape index (κ3) is 4.12. The van der Waals surface area contributed by atoms with Gasteiger partial charge in [-0.15, -0.1) is 0 Å². The van der Waals surface area contributed by atoms with E-state index in [0.29, 0.717) is 0 Å². The van der Waals surface area contributed by atoms with Gasteiger partial charge in [0.25, 0.3) is 0 Å². The molecule has 2 heterocycles. The molecule has 0 saturated heterocycles. The maximum Gasteiger partial charge on any atom is 0.0792 e. The molecule has 0 unspecified atom stereocenters. The predicted octanol–water partition coefficient (Wildman–Crippen LogP) is 11.8. The first-order valence-corrected chi connectivity index (χ1v) is 15.7. The average molecular weight is 585 g/mol. The fourth-order valence-electron chi connectivity index (χ4n) is 7.24. The van der Waals surface area contributed by atoms with Gasteiger partial charge in [0, 0.05) is 34.3 Å². The number of rotatable bonds is 4. The number of hydrogen-bond donors (Lipinski definition) is 0. The molecule has 9 rings (SSSR count).